The molecule has 0 aromatic heterocycles. The molecule has 0 saturated heterocycles. The monoisotopic (exact) mass is 358 g/mol. The van der Waals surface area contributed by atoms with Gasteiger partial charge in [-0.3, -0.25) is 4.79 Å². The van der Waals surface area contributed by atoms with Gasteiger partial charge < -0.3 is 10.4 Å². The zero-order chi connectivity index (χ0) is 17.9. The summed E-state index contributed by atoms with van der Waals surface area (Å²) in [4.78, 5) is 12.5. The van der Waals surface area contributed by atoms with E-state index in [1.165, 1.54) is 6.07 Å². The molecule has 0 saturated carbocycles. The summed E-state index contributed by atoms with van der Waals surface area (Å²) in [5, 5.41) is 12.4. The van der Waals surface area contributed by atoms with E-state index >= 15 is 0 Å². The highest BCUT2D eigenvalue weighted by Gasteiger charge is 2.27. The minimum absolute atomic E-state index is 0.0593. The van der Waals surface area contributed by atoms with Gasteiger partial charge in [0, 0.05) is 18.9 Å². The molecule has 1 aliphatic heterocycles. The van der Waals surface area contributed by atoms with Gasteiger partial charge in [0.1, 0.15) is 4.90 Å². The van der Waals surface area contributed by atoms with Crippen molar-refractivity contribution in [2.75, 3.05) is 11.9 Å². The smallest absolute Gasteiger partial charge is 0.286 e. The molecule has 0 bridgehead atoms. The fourth-order valence-electron chi connectivity index (χ4n) is 2.75. The molecule has 1 heterocycles. The second-order valence-corrected chi connectivity index (χ2v) is 7.36. The first-order valence-corrected chi connectivity index (χ1v) is 9.35. The summed E-state index contributed by atoms with van der Waals surface area (Å²) >= 11 is 0. The molecule has 6 nitrogen and oxygen atoms in total. The van der Waals surface area contributed by atoms with E-state index in [0.29, 0.717) is 12.1 Å². The molecule has 7 heteroatoms. The van der Waals surface area contributed by atoms with Crippen molar-refractivity contribution in [3.63, 3.8) is 0 Å². The van der Waals surface area contributed by atoms with Gasteiger partial charge in [-0.25, -0.2) is 0 Å². The van der Waals surface area contributed by atoms with E-state index in [2.05, 4.69) is 9.71 Å². The molecule has 0 amide bonds. The first-order chi connectivity index (χ1) is 12.0. The number of carbonyl (C=O) groups is 1. The van der Waals surface area contributed by atoms with Crippen LogP contribution in [-0.2, 0) is 14.8 Å². The minimum Gasteiger partial charge on any atom is -0.396 e. The number of ketones is 1. The van der Waals surface area contributed by atoms with Gasteiger partial charge in [-0.2, -0.15) is 8.42 Å². The Morgan fingerprint density at radius 2 is 1.76 bits per heavy atom. The number of sulfonamides is 1. The van der Waals surface area contributed by atoms with Crippen LogP contribution in [0.4, 0.5) is 5.69 Å². The molecule has 130 valence electrons. The van der Waals surface area contributed by atoms with Gasteiger partial charge in [0.15, 0.2) is 11.6 Å². The molecule has 1 aliphatic rings. The van der Waals surface area contributed by atoms with Crippen molar-refractivity contribution in [3.05, 3.63) is 60.2 Å². The third-order valence-corrected chi connectivity index (χ3v) is 5.44. The Bertz CT molecular complexity index is 908. The quantitative estimate of drug-likeness (QED) is 0.826. The zero-order valence-corrected chi connectivity index (χ0v) is 14.2. The molecule has 0 aliphatic carbocycles. The molecule has 3 rings (SSSR count). The number of aliphatic hydroxyl groups excluding tert-OH is 1. The van der Waals surface area contributed by atoms with Crippen molar-refractivity contribution in [1.29, 1.82) is 0 Å². The topological polar surface area (TPSA) is 95.8 Å². The van der Waals surface area contributed by atoms with Crippen LogP contribution < -0.4 is 5.32 Å². The lowest BCUT2D eigenvalue weighted by Gasteiger charge is -2.18. The van der Waals surface area contributed by atoms with E-state index in [0.717, 1.165) is 5.56 Å². The van der Waals surface area contributed by atoms with E-state index in [9.17, 15) is 18.3 Å². The lowest BCUT2D eigenvalue weighted by Crippen LogP contribution is -2.29. The number of anilines is 1. The minimum atomic E-state index is -3.88. The number of rotatable bonds is 6. The fourth-order valence-corrected chi connectivity index (χ4v) is 3.88. The standard InChI is InChI=1S/C18H18N2O4S/c21-12-14(13-6-2-1-3-7-13)10-11-16(22)18-19-15-8-4-5-9-17(15)25(23,24)20-18/h1-9,14,21H,10-12H2,(H,19,20). The fraction of sp³-hybridized carbons (Fsp3) is 0.222. The molecule has 0 fully saturated rings. The summed E-state index contributed by atoms with van der Waals surface area (Å²) in [6.07, 6.45) is 0.491. The predicted molar refractivity (Wildman–Crippen MR) is 95.2 cm³/mol. The molecule has 25 heavy (non-hydrogen) atoms. The Morgan fingerprint density at radius 3 is 2.48 bits per heavy atom. The van der Waals surface area contributed by atoms with Crippen molar-refractivity contribution >= 4 is 27.3 Å². The van der Waals surface area contributed by atoms with Crippen LogP contribution >= 0.6 is 0 Å². The molecule has 2 aromatic carbocycles. The van der Waals surface area contributed by atoms with Gasteiger partial charge in [-0.15, -0.1) is 4.40 Å². The molecular weight excluding hydrogens is 340 g/mol. The van der Waals surface area contributed by atoms with Crippen LogP contribution in [0, 0.1) is 0 Å². The summed E-state index contributed by atoms with van der Waals surface area (Å²) < 4.78 is 28.0. The van der Waals surface area contributed by atoms with E-state index in [-0.39, 0.29) is 29.7 Å². The predicted octanol–water partition coefficient (Wildman–Crippen LogP) is 2.32. The molecule has 2 aromatic rings. The highest BCUT2D eigenvalue weighted by Crippen LogP contribution is 2.27. The maximum atomic E-state index is 12.4. The van der Waals surface area contributed by atoms with Crippen molar-refractivity contribution in [3.8, 4) is 0 Å². The molecule has 0 spiro atoms. The van der Waals surface area contributed by atoms with Gasteiger partial charge in [-0.05, 0) is 24.1 Å². The second-order valence-electron chi connectivity index (χ2n) is 5.79. The van der Waals surface area contributed by atoms with Gasteiger partial charge in [0.05, 0.1) is 5.69 Å². The Labute approximate surface area is 146 Å². The first-order valence-electron chi connectivity index (χ1n) is 7.91. The third-order valence-electron chi connectivity index (χ3n) is 4.10. The van der Waals surface area contributed by atoms with E-state index < -0.39 is 15.8 Å². The summed E-state index contributed by atoms with van der Waals surface area (Å²) in [5.74, 6) is -0.755. The maximum absolute atomic E-state index is 12.4. The number of hydrogen-bond acceptors (Lipinski definition) is 5. The number of aliphatic hydroxyl groups is 1. The summed E-state index contributed by atoms with van der Waals surface area (Å²) in [5.41, 5.74) is 1.29. The maximum Gasteiger partial charge on any atom is 0.286 e. The van der Waals surface area contributed by atoms with Gasteiger partial charge >= 0.3 is 0 Å². The lowest BCUT2D eigenvalue weighted by atomic mass is 9.94. The number of benzene rings is 2. The number of nitrogens with zero attached hydrogens (tertiary/aromatic N) is 1. The Balaban J connectivity index is 1.73. The van der Waals surface area contributed by atoms with E-state index in [1.54, 1.807) is 18.2 Å². The van der Waals surface area contributed by atoms with Crippen molar-refractivity contribution in [2.24, 2.45) is 4.40 Å². The average molecular weight is 358 g/mol. The Hall–Kier alpha value is -2.51. The summed E-state index contributed by atoms with van der Waals surface area (Å²) in [7, 11) is -3.88. The van der Waals surface area contributed by atoms with Crippen LogP contribution in [0.15, 0.2) is 63.9 Å². The first kappa shape index (κ1) is 17.3. The Kier molecular flexibility index (Phi) is 4.96. The Morgan fingerprint density at radius 1 is 1.08 bits per heavy atom. The number of fused-ring (bicyclic) bond motifs is 1. The van der Waals surface area contributed by atoms with Crippen molar-refractivity contribution in [1.82, 2.24) is 0 Å². The third kappa shape index (κ3) is 3.78. The summed E-state index contributed by atoms with van der Waals surface area (Å²) in [6, 6.07) is 15.7. The van der Waals surface area contributed by atoms with E-state index in [4.69, 9.17) is 0 Å². The highest BCUT2D eigenvalue weighted by molar-refractivity contribution is 7.90. The van der Waals surface area contributed by atoms with Crippen LogP contribution in [0.2, 0.25) is 0 Å². The number of carbonyl (C=O) groups excluding carboxylic acids is 1. The molecule has 1 unspecified atom stereocenters. The van der Waals surface area contributed by atoms with Crippen molar-refractivity contribution in [2.45, 2.75) is 23.7 Å². The van der Waals surface area contributed by atoms with Crippen LogP contribution in [0.3, 0.4) is 0 Å². The van der Waals surface area contributed by atoms with Gasteiger partial charge in [-0.1, -0.05) is 42.5 Å². The number of amidine groups is 1. The molecular formula is C18H18N2O4S. The normalized spacial score (nSPS) is 16.3. The molecule has 1 atom stereocenters. The van der Waals surface area contributed by atoms with Crippen LogP contribution in [0.1, 0.15) is 24.3 Å². The summed E-state index contributed by atoms with van der Waals surface area (Å²) in [6.45, 7) is -0.0850. The number of nitrogens with one attached hydrogen (secondary N) is 1. The van der Waals surface area contributed by atoms with Crippen LogP contribution in [0.5, 0.6) is 0 Å². The zero-order valence-electron chi connectivity index (χ0n) is 13.4. The van der Waals surface area contributed by atoms with Crippen LogP contribution in [-0.4, -0.2) is 31.8 Å². The van der Waals surface area contributed by atoms with E-state index in [1.807, 2.05) is 30.3 Å². The highest BCUT2D eigenvalue weighted by atomic mass is 32.2. The molecule has 0 radical (unpaired) electrons. The SMILES string of the molecule is O=C(CCC(CO)c1ccccc1)C1=NS(=O)(=O)c2ccccc2N1. The van der Waals surface area contributed by atoms with Gasteiger partial charge in [0.25, 0.3) is 10.0 Å². The second kappa shape index (κ2) is 7.16. The number of para-hydroxylation sites is 1. The number of hydrogen-bond donors (Lipinski definition) is 2. The lowest BCUT2D eigenvalue weighted by molar-refractivity contribution is -0.113. The molecule has 2 N–H and O–H groups in total. The average Bonchev–Trinajstić information content (AvgIpc) is 2.62. The van der Waals surface area contributed by atoms with Crippen molar-refractivity contribution < 1.29 is 18.3 Å². The van der Waals surface area contributed by atoms with Crippen LogP contribution in [0.25, 0.3) is 0 Å². The largest absolute Gasteiger partial charge is 0.396 e. The van der Waals surface area contributed by atoms with Gasteiger partial charge in [0.2, 0.25) is 0 Å². The number of Topliss-reactive ketones (excluding diaryl/α,β-unsaturated/α-hetero) is 1.